The van der Waals surface area contributed by atoms with Crippen molar-refractivity contribution < 1.29 is 17.9 Å². The Morgan fingerprint density at radius 3 is 2.22 bits per heavy atom. The van der Waals surface area contributed by atoms with E-state index in [0.717, 1.165) is 5.56 Å². The van der Waals surface area contributed by atoms with Gasteiger partial charge in [0, 0.05) is 14.2 Å². The Hall–Kier alpha value is -1.40. The molecule has 1 atom stereocenters. The van der Waals surface area contributed by atoms with Gasteiger partial charge in [-0.05, 0) is 26.0 Å². The summed E-state index contributed by atoms with van der Waals surface area (Å²) in [7, 11) is -1.22. The fourth-order valence-electron chi connectivity index (χ4n) is 1.34. The molecule has 0 heterocycles. The number of likely N-dealkylation sites (N-methyl/N-ethyl adjacent to an activating group) is 1. The third-order valence-electron chi connectivity index (χ3n) is 2.69. The highest BCUT2D eigenvalue weighted by Crippen LogP contribution is 2.16. The molecular weight excluding hydrogens is 254 g/mol. The van der Waals surface area contributed by atoms with Gasteiger partial charge in [0.15, 0.2) is 0 Å². The number of aryl methyl sites for hydroxylation is 1. The number of amides is 1. The van der Waals surface area contributed by atoms with E-state index in [1.54, 1.807) is 12.1 Å². The van der Waals surface area contributed by atoms with E-state index in [2.05, 4.69) is 0 Å². The Morgan fingerprint density at radius 2 is 1.78 bits per heavy atom. The molecule has 18 heavy (non-hydrogen) atoms. The molecule has 0 aliphatic heterocycles. The Labute approximate surface area is 107 Å². The summed E-state index contributed by atoms with van der Waals surface area (Å²) in [5.74, 6) is -0.599. The number of hydrogen-bond acceptors (Lipinski definition) is 4. The molecule has 1 aromatic rings. The van der Waals surface area contributed by atoms with Crippen molar-refractivity contribution in [2.45, 2.75) is 24.8 Å². The largest absolute Gasteiger partial charge is 0.372 e. The summed E-state index contributed by atoms with van der Waals surface area (Å²) in [6.45, 7) is 3.36. The van der Waals surface area contributed by atoms with Crippen LogP contribution in [-0.2, 0) is 19.6 Å². The summed E-state index contributed by atoms with van der Waals surface area (Å²) in [6, 6.07) is 6.33. The quantitative estimate of drug-likeness (QED) is 0.825. The third-order valence-corrected chi connectivity index (χ3v) is 4.46. The van der Waals surface area contributed by atoms with E-state index >= 15 is 0 Å². The fourth-order valence-corrected chi connectivity index (χ4v) is 2.53. The lowest BCUT2D eigenvalue weighted by Gasteiger charge is -2.20. The van der Waals surface area contributed by atoms with Gasteiger partial charge in [0.2, 0.25) is 0 Å². The fraction of sp³-hybridized carbons (Fsp3) is 0.417. The number of benzene rings is 1. The number of carbonyl (C=O) groups is 1. The molecule has 1 rings (SSSR count). The normalized spacial score (nSPS) is 13.1. The van der Waals surface area contributed by atoms with E-state index in [4.69, 9.17) is 4.74 Å². The Kier molecular flexibility index (Phi) is 4.48. The first kappa shape index (κ1) is 14.7. The number of hydrogen-bond donors (Lipinski definition) is 0. The van der Waals surface area contributed by atoms with Gasteiger partial charge in [-0.1, -0.05) is 17.7 Å². The van der Waals surface area contributed by atoms with E-state index in [9.17, 15) is 13.2 Å². The van der Waals surface area contributed by atoms with Crippen LogP contribution in [0, 0.1) is 6.92 Å². The van der Waals surface area contributed by atoms with Crippen LogP contribution >= 0.6 is 0 Å². The van der Waals surface area contributed by atoms with Gasteiger partial charge in [0.1, 0.15) is 6.10 Å². The van der Waals surface area contributed by atoms with Crippen LogP contribution < -0.4 is 0 Å². The summed E-state index contributed by atoms with van der Waals surface area (Å²) in [4.78, 5) is 11.9. The SMILES string of the molecule is COC(C)C(=O)N(C)S(=O)(=O)c1ccc(C)cc1. The molecule has 1 aromatic carbocycles. The van der Waals surface area contributed by atoms with Crippen LogP contribution in [-0.4, -0.2) is 38.9 Å². The van der Waals surface area contributed by atoms with Crippen molar-refractivity contribution in [3.8, 4) is 0 Å². The van der Waals surface area contributed by atoms with Crippen LogP contribution in [0.25, 0.3) is 0 Å². The van der Waals surface area contributed by atoms with Crippen LogP contribution in [0.4, 0.5) is 0 Å². The molecule has 0 aliphatic rings. The second-order valence-electron chi connectivity index (χ2n) is 4.00. The topological polar surface area (TPSA) is 63.7 Å². The molecule has 1 amide bonds. The third kappa shape index (κ3) is 2.88. The zero-order valence-electron chi connectivity index (χ0n) is 10.9. The summed E-state index contributed by atoms with van der Waals surface area (Å²) in [6.07, 6.45) is -0.796. The van der Waals surface area contributed by atoms with Crippen molar-refractivity contribution in [3.63, 3.8) is 0 Å². The first-order valence-electron chi connectivity index (χ1n) is 5.43. The van der Waals surface area contributed by atoms with Gasteiger partial charge in [-0.25, -0.2) is 12.7 Å². The van der Waals surface area contributed by atoms with Gasteiger partial charge in [0.05, 0.1) is 4.90 Å². The molecule has 0 saturated carbocycles. The number of methoxy groups -OCH3 is 1. The Bertz CT molecular complexity index is 522. The summed E-state index contributed by atoms with van der Waals surface area (Å²) < 4.78 is 29.9. The van der Waals surface area contributed by atoms with Crippen molar-refractivity contribution >= 4 is 15.9 Å². The molecule has 0 N–H and O–H groups in total. The molecule has 0 spiro atoms. The highest BCUT2D eigenvalue weighted by atomic mass is 32.2. The molecule has 0 aliphatic carbocycles. The molecule has 5 nitrogen and oxygen atoms in total. The first-order chi connectivity index (χ1) is 8.30. The summed E-state index contributed by atoms with van der Waals surface area (Å²) >= 11 is 0. The van der Waals surface area contributed by atoms with E-state index in [1.165, 1.54) is 33.2 Å². The lowest BCUT2D eigenvalue weighted by Crippen LogP contribution is -2.39. The maximum absolute atomic E-state index is 12.2. The zero-order valence-corrected chi connectivity index (χ0v) is 11.7. The standard InChI is InChI=1S/C12H17NO4S/c1-9-5-7-11(8-6-9)18(15,16)13(3)12(14)10(2)17-4/h5-8,10H,1-4H3. The van der Waals surface area contributed by atoms with Crippen molar-refractivity contribution in [2.75, 3.05) is 14.2 Å². The van der Waals surface area contributed by atoms with E-state index in [-0.39, 0.29) is 4.90 Å². The number of rotatable bonds is 4. The Morgan fingerprint density at radius 1 is 1.28 bits per heavy atom. The second-order valence-corrected chi connectivity index (χ2v) is 5.97. The van der Waals surface area contributed by atoms with Crippen molar-refractivity contribution in [1.82, 2.24) is 4.31 Å². The van der Waals surface area contributed by atoms with Crippen molar-refractivity contribution in [3.05, 3.63) is 29.8 Å². The van der Waals surface area contributed by atoms with Gasteiger partial charge in [-0.3, -0.25) is 4.79 Å². The van der Waals surface area contributed by atoms with Crippen LogP contribution in [0.3, 0.4) is 0 Å². The predicted molar refractivity (Wildman–Crippen MR) is 67.6 cm³/mol. The van der Waals surface area contributed by atoms with Crippen LogP contribution in [0.2, 0.25) is 0 Å². The lowest BCUT2D eigenvalue weighted by atomic mass is 10.2. The summed E-state index contributed by atoms with van der Waals surface area (Å²) in [5.41, 5.74) is 0.952. The molecule has 1 unspecified atom stereocenters. The lowest BCUT2D eigenvalue weighted by molar-refractivity contribution is -0.134. The van der Waals surface area contributed by atoms with Crippen molar-refractivity contribution in [1.29, 1.82) is 0 Å². The van der Waals surface area contributed by atoms with Crippen LogP contribution in [0.1, 0.15) is 12.5 Å². The zero-order chi connectivity index (χ0) is 13.9. The average Bonchev–Trinajstić information content (AvgIpc) is 2.36. The summed E-state index contributed by atoms with van der Waals surface area (Å²) in [5, 5.41) is 0. The molecule has 0 radical (unpaired) electrons. The Balaban J connectivity index is 3.07. The minimum absolute atomic E-state index is 0.0900. The molecule has 0 saturated heterocycles. The first-order valence-corrected chi connectivity index (χ1v) is 6.87. The number of nitrogens with zero attached hydrogens (tertiary/aromatic N) is 1. The van der Waals surface area contributed by atoms with E-state index < -0.39 is 22.0 Å². The molecule has 100 valence electrons. The smallest absolute Gasteiger partial charge is 0.266 e. The van der Waals surface area contributed by atoms with Gasteiger partial charge >= 0.3 is 0 Å². The molecule has 6 heteroatoms. The number of sulfonamides is 1. The van der Waals surface area contributed by atoms with Gasteiger partial charge in [-0.2, -0.15) is 0 Å². The van der Waals surface area contributed by atoms with Crippen molar-refractivity contribution in [2.24, 2.45) is 0 Å². The highest BCUT2D eigenvalue weighted by molar-refractivity contribution is 7.89. The maximum atomic E-state index is 12.2. The molecule has 0 bridgehead atoms. The highest BCUT2D eigenvalue weighted by Gasteiger charge is 2.28. The molecular formula is C12H17NO4S. The van der Waals surface area contributed by atoms with Gasteiger partial charge in [0.25, 0.3) is 15.9 Å². The monoisotopic (exact) mass is 271 g/mol. The predicted octanol–water partition coefficient (Wildman–Crippen LogP) is 1.18. The van der Waals surface area contributed by atoms with Gasteiger partial charge in [-0.15, -0.1) is 0 Å². The maximum Gasteiger partial charge on any atom is 0.266 e. The van der Waals surface area contributed by atoms with Crippen LogP contribution in [0.15, 0.2) is 29.2 Å². The number of ether oxygens (including phenoxy) is 1. The molecule has 0 aromatic heterocycles. The van der Waals surface area contributed by atoms with Gasteiger partial charge < -0.3 is 4.74 Å². The number of carbonyl (C=O) groups excluding carboxylic acids is 1. The average molecular weight is 271 g/mol. The minimum Gasteiger partial charge on any atom is -0.372 e. The van der Waals surface area contributed by atoms with E-state index in [1.807, 2.05) is 6.92 Å². The minimum atomic E-state index is -3.81. The van der Waals surface area contributed by atoms with E-state index in [0.29, 0.717) is 4.31 Å². The van der Waals surface area contributed by atoms with Crippen LogP contribution in [0.5, 0.6) is 0 Å². The molecule has 0 fully saturated rings. The second kappa shape index (κ2) is 5.49.